The van der Waals surface area contributed by atoms with Crippen LogP contribution in [0.3, 0.4) is 0 Å². The summed E-state index contributed by atoms with van der Waals surface area (Å²) in [7, 11) is -9.94. The van der Waals surface area contributed by atoms with Crippen molar-refractivity contribution in [2.45, 2.75) is 445 Å². The zero-order valence-electron chi connectivity index (χ0n) is 66.9. The van der Waals surface area contributed by atoms with Gasteiger partial charge in [-0.3, -0.25) is 37.3 Å². The number of carbonyl (C=O) groups excluding carboxylic acids is 4. The second-order valence-corrected chi connectivity index (χ2v) is 32.9. The van der Waals surface area contributed by atoms with Crippen molar-refractivity contribution in [3.63, 3.8) is 0 Å². The second kappa shape index (κ2) is 76.3. The summed E-state index contributed by atoms with van der Waals surface area (Å²) in [5, 5.41) is 10.7. The van der Waals surface area contributed by atoms with E-state index >= 15 is 0 Å². The molecule has 0 amide bonds. The van der Waals surface area contributed by atoms with E-state index in [1.807, 2.05) is 0 Å². The van der Waals surface area contributed by atoms with Crippen LogP contribution in [0, 0.1) is 5.92 Å². The molecule has 0 bridgehead atoms. The normalized spacial score (nSPS) is 14.0. The molecule has 0 spiro atoms. The van der Waals surface area contributed by atoms with Crippen molar-refractivity contribution < 1.29 is 80.2 Å². The first kappa shape index (κ1) is 101. The van der Waals surface area contributed by atoms with E-state index < -0.39 is 97.5 Å². The largest absolute Gasteiger partial charge is 0.472 e. The molecule has 17 nitrogen and oxygen atoms in total. The predicted molar refractivity (Wildman–Crippen MR) is 423 cm³/mol. The Morgan fingerprint density at radius 2 is 0.524 bits per heavy atom. The Labute approximate surface area is 631 Å². The number of phosphoric ester groups is 2. The Morgan fingerprint density at radius 1 is 0.301 bits per heavy atom. The smallest absolute Gasteiger partial charge is 0.462 e. The van der Waals surface area contributed by atoms with Crippen molar-refractivity contribution in [2.75, 3.05) is 39.6 Å². The lowest BCUT2D eigenvalue weighted by atomic mass is 10.0. The van der Waals surface area contributed by atoms with Crippen molar-refractivity contribution in [3.05, 3.63) is 24.3 Å². The number of ether oxygens (including phenoxy) is 4. The molecule has 0 heterocycles. The van der Waals surface area contributed by atoms with Crippen molar-refractivity contribution >= 4 is 39.5 Å². The average molecular weight is 1500 g/mol. The van der Waals surface area contributed by atoms with E-state index in [0.717, 1.165) is 109 Å². The van der Waals surface area contributed by atoms with Crippen LogP contribution < -0.4 is 0 Å². The molecule has 0 fully saturated rings. The van der Waals surface area contributed by atoms with Crippen LogP contribution in [0.1, 0.15) is 426 Å². The van der Waals surface area contributed by atoms with E-state index in [4.69, 9.17) is 37.0 Å². The molecule has 3 N–H and O–H groups in total. The molecule has 2 unspecified atom stereocenters. The Hall–Kier alpha value is -2.46. The van der Waals surface area contributed by atoms with Gasteiger partial charge in [0.05, 0.1) is 26.4 Å². The van der Waals surface area contributed by atoms with Crippen LogP contribution in [-0.4, -0.2) is 96.7 Å². The summed E-state index contributed by atoms with van der Waals surface area (Å²) in [4.78, 5) is 73.1. The van der Waals surface area contributed by atoms with E-state index in [9.17, 15) is 43.2 Å². The van der Waals surface area contributed by atoms with Gasteiger partial charge in [-0.25, -0.2) is 9.13 Å². The highest BCUT2D eigenvalue weighted by Gasteiger charge is 2.30. The summed E-state index contributed by atoms with van der Waals surface area (Å²) in [6.07, 6.45) is 71.6. The fraction of sp³-hybridized carbons (Fsp3) is 0.905. The fourth-order valence-corrected chi connectivity index (χ4v) is 14.2. The Morgan fingerprint density at radius 3 is 0.796 bits per heavy atom. The monoisotopic (exact) mass is 1500 g/mol. The zero-order chi connectivity index (χ0) is 75.5. The summed E-state index contributed by atoms with van der Waals surface area (Å²) >= 11 is 0. The van der Waals surface area contributed by atoms with E-state index in [2.05, 4.69) is 58.9 Å². The Balaban J connectivity index is 5.29. The third-order valence-corrected chi connectivity index (χ3v) is 21.1. The van der Waals surface area contributed by atoms with Crippen molar-refractivity contribution in [1.29, 1.82) is 0 Å². The van der Waals surface area contributed by atoms with Crippen molar-refractivity contribution in [3.8, 4) is 0 Å². The number of allylic oxidation sites excluding steroid dienone is 4. The van der Waals surface area contributed by atoms with Crippen LogP contribution in [0.5, 0.6) is 0 Å². The molecule has 0 aliphatic carbocycles. The topological polar surface area (TPSA) is 237 Å². The van der Waals surface area contributed by atoms with Gasteiger partial charge >= 0.3 is 39.5 Å². The summed E-state index contributed by atoms with van der Waals surface area (Å²) < 4.78 is 68.8. The molecule has 0 aromatic rings. The predicted octanol–water partition coefficient (Wildman–Crippen LogP) is 25.1. The van der Waals surface area contributed by atoms with Gasteiger partial charge in [0.15, 0.2) is 12.2 Å². The third-order valence-electron chi connectivity index (χ3n) is 19.2. The van der Waals surface area contributed by atoms with Gasteiger partial charge in [0.2, 0.25) is 0 Å². The van der Waals surface area contributed by atoms with Crippen LogP contribution in [-0.2, 0) is 65.4 Å². The number of carbonyl (C=O) groups is 4. The summed E-state index contributed by atoms with van der Waals surface area (Å²) in [5.74, 6) is -1.39. The van der Waals surface area contributed by atoms with Gasteiger partial charge in [0.1, 0.15) is 19.3 Å². The first-order valence-electron chi connectivity index (χ1n) is 43.0. The summed E-state index contributed by atoms with van der Waals surface area (Å²) in [6.45, 7) is 7.26. The van der Waals surface area contributed by atoms with E-state index in [1.165, 1.54) is 238 Å². The second-order valence-electron chi connectivity index (χ2n) is 30.0. The van der Waals surface area contributed by atoms with Crippen molar-refractivity contribution in [1.82, 2.24) is 0 Å². The maximum Gasteiger partial charge on any atom is 0.472 e. The van der Waals surface area contributed by atoms with Gasteiger partial charge in [0, 0.05) is 25.7 Å². The fourth-order valence-electron chi connectivity index (χ4n) is 12.6. The highest BCUT2D eigenvalue weighted by atomic mass is 31.2. The molecule has 0 aliphatic heterocycles. The van der Waals surface area contributed by atoms with E-state index in [-0.39, 0.29) is 25.7 Å². The molecule has 0 aromatic carbocycles. The van der Waals surface area contributed by atoms with Gasteiger partial charge in [-0.15, -0.1) is 0 Å². The number of esters is 4. The third kappa shape index (κ3) is 77.5. The molecule has 0 rings (SSSR count). The molecule has 103 heavy (non-hydrogen) atoms. The first-order valence-corrected chi connectivity index (χ1v) is 45.9. The van der Waals surface area contributed by atoms with Crippen molar-refractivity contribution in [2.24, 2.45) is 5.92 Å². The number of aliphatic hydroxyl groups excluding tert-OH is 1. The Bertz CT molecular complexity index is 2060. The first-order chi connectivity index (χ1) is 50.0. The lowest BCUT2D eigenvalue weighted by Gasteiger charge is -2.21. The number of hydrogen-bond acceptors (Lipinski definition) is 15. The van der Waals surface area contributed by atoms with Crippen LogP contribution >= 0.6 is 15.6 Å². The van der Waals surface area contributed by atoms with Gasteiger partial charge in [0.25, 0.3) is 0 Å². The Kier molecular flexibility index (Phi) is 74.5. The molecule has 0 radical (unpaired) electrons. The van der Waals surface area contributed by atoms with Gasteiger partial charge in [-0.2, -0.15) is 0 Å². The quantitative estimate of drug-likeness (QED) is 0.0169. The molecule has 0 aliphatic rings. The molecule has 19 heteroatoms. The molecule has 0 saturated carbocycles. The summed E-state index contributed by atoms with van der Waals surface area (Å²) in [5.41, 5.74) is 0. The molecule has 5 atom stereocenters. The van der Waals surface area contributed by atoms with Crippen LogP contribution in [0.25, 0.3) is 0 Å². The molecule has 0 saturated heterocycles. The standard InChI is InChI=1S/C84H160O17P2/c1-6-9-12-15-18-21-24-27-30-32-33-35-38-41-44-49-55-60-65-70-84(89)100-79(73-94-81(86)67-62-57-52-47-42-39-37-34-31-28-25-22-19-16-13-10-7-2)75-98-102(90,91)96-71-78(85)72-97-103(92,93)99-76-80(74-95-82(87)68-63-58-53-50-45-46-51-56-61-66-77(4)5)101-83(88)69-64-59-54-48-43-40-36-29-26-23-20-17-14-11-8-3/h23,26,29,36,77-80,85H,6-22,24-25,27-28,30-35,37-76H2,1-5H3,(H,90,91)(H,92,93)/b26-23-,36-29-/t78-,79-,80-/m1/s1. The highest BCUT2D eigenvalue weighted by Crippen LogP contribution is 2.45. The average Bonchev–Trinajstić information content (AvgIpc) is 0.914. The number of aliphatic hydroxyl groups is 1. The molecular weight excluding hydrogens is 1340 g/mol. The van der Waals surface area contributed by atoms with Crippen LogP contribution in [0.4, 0.5) is 0 Å². The maximum absolute atomic E-state index is 13.1. The lowest BCUT2D eigenvalue weighted by Crippen LogP contribution is -2.30. The minimum atomic E-state index is -4.97. The van der Waals surface area contributed by atoms with Gasteiger partial charge < -0.3 is 33.8 Å². The number of unbranched alkanes of at least 4 members (excludes halogenated alkanes) is 51. The molecule has 0 aromatic heterocycles. The van der Waals surface area contributed by atoms with E-state index in [0.29, 0.717) is 25.7 Å². The highest BCUT2D eigenvalue weighted by molar-refractivity contribution is 7.47. The van der Waals surface area contributed by atoms with Crippen LogP contribution in [0.15, 0.2) is 24.3 Å². The number of phosphoric acid groups is 2. The van der Waals surface area contributed by atoms with Crippen LogP contribution in [0.2, 0.25) is 0 Å². The SMILES string of the molecule is CCCCCC/C=C\C=C/CCCCCCCC(=O)O[C@H](COC(=O)CCCCCCCCCCCC(C)C)COP(=O)(O)OC[C@H](O)COP(=O)(O)OC[C@@H](COC(=O)CCCCCCCCCCCCCCCCCCC)OC(=O)CCCCCCCCCCCCCCCCCCCCC. The molecular formula is C84H160O17P2. The minimum absolute atomic E-state index is 0.0851. The number of rotatable bonds is 82. The minimum Gasteiger partial charge on any atom is -0.462 e. The maximum atomic E-state index is 13.1. The summed E-state index contributed by atoms with van der Waals surface area (Å²) in [6, 6.07) is 0. The van der Waals surface area contributed by atoms with Gasteiger partial charge in [-0.1, -0.05) is 374 Å². The molecule has 608 valence electrons. The van der Waals surface area contributed by atoms with Gasteiger partial charge in [-0.05, 0) is 57.3 Å². The zero-order valence-corrected chi connectivity index (χ0v) is 68.7. The lowest BCUT2D eigenvalue weighted by molar-refractivity contribution is -0.161. The van der Waals surface area contributed by atoms with E-state index in [1.54, 1.807) is 0 Å². The number of hydrogen-bond donors (Lipinski definition) is 3.